The van der Waals surface area contributed by atoms with E-state index < -0.39 is 22.6 Å². The van der Waals surface area contributed by atoms with Crippen LogP contribution in [0.5, 0.6) is 5.75 Å². The van der Waals surface area contributed by atoms with E-state index in [4.69, 9.17) is 12.2 Å². The summed E-state index contributed by atoms with van der Waals surface area (Å²) in [5, 5.41) is 21.1. The SMILES string of the molecule is O=C1/C(=C/c2cc([N+](=O)[O-])cc(Br)c2O)SC(=S)N1c1cccc(C(F)(F)F)c1. The Kier molecular flexibility index (Phi) is 5.70. The number of carbonyl (C=O) groups is 1. The van der Waals surface area contributed by atoms with E-state index in [2.05, 4.69) is 15.9 Å². The second-order valence-electron chi connectivity index (χ2n) is 5.69. The Hall–Kier alpha value is -2.44. The molecule has 1 N–H and O–H groups in total. The number of phenols is 1. The normalized spacial score (nSPS) is 16.0. The Balaban J connectivity index is 2.01. The van der Waals surface area contributed by atoms with Gasteiger partial charge in [-0.05, 0) is 40.2 Å². The topological polar surface area (TPSA) is 83.7 Å². The van der Waals surface area contributed by atoms with Crippen LogP contribution in [0.25, 0.3) is 6.08 Å². The fourth-order valence-corrected chi connectivity index (χ4v) is 4.23. The Morgan fingerprint density at radius 1 is 1.28 bits per heavy atom. The largest absolute Gasteiger partial charge is 0.506 e. The van der Waals surface area contributed by atoms with Crippen LogP contribution in [0.3, 0.4) is 0 Å². The number of phenolic OH excluding ortho intramolecular Hbond substituents is 1. The third-order valence-corrected chi connectivity index (χ3v) is 5.71. The van der Waals surface area contributed by atoms with Crippen molar-refractivity contribution in [2.75, 3.05) is 4.90 Å². The number of halogens is 4. The molecule has 0 atom stereocenters. The average molecular weight is 505 g/mol. The molecule has 3 rings (SSSR count). The van der Waals surface area contributed by atoms with E-state index in [1.165, 1.54) is 12.1 Å². The highest BCUT2D eigenvalue weighted by Gasteiger charge is 2.36. The molecular weight excluding hydrogens is 497 g/mol. The van der Waals surface area contributed by atoms with Crippen LogP contribution >= 0.6 is 39.9 Å². The number of nitro groups is 1. The van der Waals surface area contributed by atoms with Crippen molar-refractivity contribution in [2.45, 2.75) is 6.18 Å². The molecule has 2 aromatic rings. The summed E-state index contributed by atoms with van der Waals surface area (Å²) >= 11 is 8.93. The lowest BCUT2D eigenvalue weighted by molar-refractivity contribution is -0.385. The van der Waals surface area contributed by atoms with Gasteiger partial charge in [-0.15, -0.1) is 0 Å². The molecule has 1 saturated heterocycles. The summed E-state index contributed by atoms with van der Waals surface area (Å²) in [7, 11) is 0. The van der Waals surface area contributed by atoms with Gasteiger partial charge >= 0.3 is 6.18 Å². The van der Waals surface area contributed by atoms with Gasteiger partial charge in [-0.25, -0.2) is 0 Å². The Bertz CT molecular complexity index is 1090. The van der Waals surface area contributed by atoms with E-state index in [9.17, 15) is 33.2 Å². The van der Waals surface area contributed by atoms with Crippen molar-refractivity contribution in [3.05, 3.63) is 67.0 Å². The van der Waals surface area contributed by atoms with E-state index in [1.807, 2.05) is 0 Å². The fraction of sp³-hybridized carbons (Fsp3) is 0.0588. The zero-order chi connectivity index (χ0) is 21.5. The quantitative estimate of drug-likeness (QED) is 0.257. The van der Waals surface area contributed by atoms with Crippen LogP contribution < -0.4 is 4.90 Å². The van der Waals surface area contributed by atoms with Crippen molar-refractivity contribution >= 4 is 67.6 Å². The lowest BCUT2D eigenvalue weighted by atomic mass is 10.1. The molecule has 0 radical (unpaired) electrons. The highest BCUT2D eigenvalue weighted by atomic mass is 79.9. The van der Waals surface area contributed by atoms with Gasteiger partial charge in [-0.2, -0.15) is 13.2 Å². The van der Waals surface area contributed by atoms with Gasteiger partial charge in [0.15, 0.2) is 4.32 Å². The Labute approximate surface area is 179 Å². The number of rotatable bonds is 3. The number of non-ortho nitro benzene ring substituents is 1. The minimum Gasteiger partial charge on any atom is -0.506 e. The van der Waals surface area contributed by atoms with Crippen LogP contribution in [0.2, 0.25) is 0 Å². The highest BCUT2D eigenvalue weighted by molar-refractivity contribution is 9.10. The predicted octanol–water partition coefficient (Wildman–Crippen LogP) is 5.49. The molecule has 1 aliphatic heterocycles. The van der Waals surface area contributed by atoms with Crippen molar-refractivity contribution in [1.82, 2.24) is 0 Å². The second-order valence-corrected chi connectivity index (χ2v) is 8.22. The lowest BCUT2D eigenvalue weighted by Gasteiger charge is -2.16. The van der Waals surface area contributed by atoms with E-state index in [0.29, 0.717) is 0 Å². The first-order valence-electron chi connectivity index (χ1n) is 7.61. The summed E-state index contributed by atoms with van der Waals surface area (Å²) in [6, 6.07) is 6.30. The number of hydrogen-bond acceptors (Lipinski definition) is 6. The molecule has 2 aromatic carbocycles. The zero-order valence-electron chi connectivity index (χ0n) is 13.9. The van der Waals surface area contributed by atoms with Crippen molar-refractivity contribution in [1.29, 1.82) is 0 Å². The number of benzene rings is 2. The van der Waals surface area contributed by atoms with E-state index >= 15 is 0 Å². The number of anilines is 1. The monoisotopic (exact) mass is 504 g/mol. The molecule has 0 aliphatic carbocycles. The summed E-state index contributed by atoms with van der Waals surface area (Å²) in [6.07, 6.45) is -3.40. The second kappa shape index (κ2) is 7.76. The van der Waals surface area contributed by atoms with Gasteiger partial charge in [0.2, 0.25) is 0 Å². The summed E-state index contributed by atoms with van der Waals surface area (Å²) in [5.74, 6) is -1.04. The lowest BCUT2D eigenvalue weighted by Crippen LogP contribution is -2.27. The summed E-state index contributed by atoms with van der Waals surface area (Å²) < 4.78 is 38.9. The smallest absolute Gasteiger partial charge is 0.416 e. The molecule has 29 heavy (non-hydrogen) atoms. The number of nitro benzene ring substituents is 1. The molecule has 150 valence electrons. The number of amides is 1. The number of alkyl halides is 3. The van der Waals surface area contributed by atoms with Gasteiger partial charge in [0.25, 0.3) is 11.6 Å². The zero-order valence-corrected chi connectivity index (χ0v) is 17.2. The van der Waals surface area contributed by atoms with Gasteiger partial charge in [-0.1, -0.05) is 30.0 Å². The van der Waals surface area contributed by atoms with E-state index in [1.54, 1.807) is 0 Å². The van der Waals surface area contributed by atoms with Crippen LogP contribution in [-0.4, -0.2) is 20.3 Å². The van der Waals surface area contributed by atoms with E-state index in [-0.39, 0.29) is 36.4 Å². The van der Waals surface area contributed by atoms with Crippen molar-refractivity contribution in [2.24, 2.45) is 0 Å². The van der Waals surface area contributed by atoms with Gasteiger partial charge in [0.1, 0.15) is 5.75 Å². The first-order valence-corrected chi connectivity index (χ1v) is 9.63. The molecular formula is C17H8BrF3N2O4S2. The summed E-state index contributed by atoms with van der Waals surface area (Å²) in [6.45, 7) is 0. The van der Waals surface area contributed by atoms with Crippen LogP contribution in [0.4, 0.5) is 24.5 Å². The first kappa shape index (κ1) is 21.3. The third-order valence-electron chi connectivity index (χ3n) is 3.80. The molecule has 0 unspecified atom stereocenters. The molecule has 6 nitrogen and oxygen atoms in total. The number of thioether (sulfide) groups is 1. The maximum atomic E-state index is 13.0. The number of nitrogens with zero attached hydrogens (tertiary/aromatic N) is 2. The molecule has 0 aromatic heterocycles. The fourth-order valence-electron chi connectivity index (χ4n) is 2.47. The number of hydrogen-bond donors (Lipinski definition) is 1. The van der Waals surface area contributed by atoms with Crippen molar-refractivity contribution in [3.8, 4) is 5.75 Å². The number of aromatic hydroxyl groups is 1. The van der Waals surface area contributed by atoms with Gasteiger partial charge in [0.05, 0.1) is 25.6 Å². The van der Waals surface area contributed by atoms with Crippen molar-refractivity contribution < 1.29 is 28.0 Å². The van der Waals surface area contributed by atoms with Crippen LogP contribution in [0, 0.1) is 10.1 Å². The highest BCUT2D eigenvalue weighted by Crippen LogP contribution is 2.40. The molecule has 1 amide bonds. The molecule has 0 bridgehead atoms. The van der Waals surface area contributed by atoms with Gasteiger partial charge < -0.3 is 5.11 Å². The van der Waals surface area contributed by atoms with Crippen LogP contribution in [0.15, 0.2) is 45.8 Å². The number of thiocarbonyl (C=S) groups is 1. The van der Waals surface area contributed by atoms with Crippen molar-refractivity contribution in [3.63, 3.8) is 0 Å². The van der Waals surface area contributed by atoms with Crippen LogP contribution in [-0.2, 0) is 11.0 Å². The average Bonchev–Trinajstić information content (AvgIpc) is 2.91. The Morgan fingerprint density at radius 3 is 2.59 bits per heavy atom. The standard InChI is InChI=1S/C17H8BrF3N2O4S2/c18-12-7-11(23(26)27)4-8(14(12)24)5-13-15(25)22(16(28)29-13)10-3-1-2-9(6-10)17(19,20)21/h1-7,24H/b13-5-. The minimum absolute atomic E-state index is 0.00453. The van der Waals surface area contributed by atoms with Gasteiger partial charge in [0, 0.05) is 17.7 Å². The molecule has 1 aliphatic rings. The maximum Gasteiger partial charge on any atom is 0.416 e. The molecule has 0 spiro atoms. The minimum atomic E-state index is -4.59. The third kappa shape index (κ3) is 4.28. The first-order chi connectivity index (χ1) is 13.5. The maximum absolute atomic E-state index is 13.0. The summed E-state index contributed by atoms with van der Waals surface area (Å²) in [4.78, 5) is 24.0. The predicted molar refractivity (Wildman–Crippen MR) is 110 cm³/mol. The molecule has 1 heterocycles. The molecule has 1 fully saturated rings. The summed E-state index contributed by atoms with van der Waals surface area (Å²) in [5.41, 5.74) is -1.34. The van der Waals surface area contributed by atoms with E-state index in [0.717, 1.165) is 47.0 Å². The number of carbonyl (C=O) groups excluding carboxylic acids is 1. The van der Waals surface area contributed by atoms with Gasteiger partial charge in [-0.3, -0.25) is 19.8 Å². The molecule has 0 saturated carbocycles. The Morgan fingerprint density at radius 2 is 1.97 bits per heavy atom. The molecule has 12 heteroatoms. The van der Waals surface area contributed by atoms with Crippen LogP contribution in [0.1, 0.15) is 11.1 Å².